The van der Waals surface area contributed by atoms with Gasteiger partial charge in [0.1, 0.15) is 17.4 Å². The van der Waals surface area contributed by atoms with Gasteiger partial charge in [-0.15, -0.1) is 5.10 Å². The lowest BCUT2D eigenvalue weighted by Gasteiger charge is -2.24. The number of ether oxygens (including phenoxy) is 4. The Balaban J connectivity index is 1.57. The average molecular weight is 476 g/mol. The van der Waals surface area contributed by atoms with Crippen molar-refractivity contribution in [3.8, 4) is 29.2 Å². The van der Waals surface area contributed by atoms with Crippen LogP contribution < -0.4 is 30.0 Å². The third-order valence-electron chi connectivity index (χ3n) is 5.44. The monoisotopic (exact) mass is 475 g/mol. The van der Waals surface area contributed by atoms with Crippen molar-refractivity contribution in [1.82, 2.24) is 10.2 Å². The number of hydrogen-bond acceptors (Lipinski definition) is 8. The molecule has 1 aliphatic rings. The molecule has 35 heavy (non-hydrogen) atoms. The first-order valence-electron chi connectivity index (χ1n) is 10.9. The first kappa shape index (κ1) is 23.5. The van der Waals surface area contributed by atoms with Gasteiger partial charge in [0.15, 0.2) is 18.1 Å². The number of nitriles is 1. The van der Waals surface area contributed by atoms with Crippen LogP contribution in [0.4, 0.5) is 5.69 Å². The standard InChI is InChI=1S/C25H25N5O5/c1-4-33-20-10-15(23-18(12-26)24(27)35-25-22(23)14(2)29-30-25)8-9-19(20)34-13-21(31)28-16-6-5-7-17(11-16)32-3/h5-11,23H,4,13,27H2,1-3H3,(H,28,31)(H,29,30). The van der Waals surface area contributed by atoms with Crippen LogP contribution in [0, 0.1) is 18.3 Å². The minimum Gasteiger partial charge on any atom is -0.497 e. The molecule has 0 radical (unpaired) electrons. The predicted octanol–water partition coefficient (Wildman–Crippen LogP) is 3.36. The van der Waals surface area contributed by atoms with Crippen molar-refractivity contribution in [2.24, 2.45) is 5.73 Å². The Kier molecular flexibility index (Phi) is 6.78. The Labute approximate surface area is 202 Å². The zero-order chi connectivity index (χ0) is 24.9. The van der Waals surface area contributed by atoms with E-state index in [0.717, 1.165) is 16.8 Å². The van der Waals surface area contributed by atoms with Gasteiger partial charge in [-0.05, 0) is 43.7 Å². The smallest absolute Gasteiger partial charge is 0.262 e. The zero-order valence-corrected chi connectivity index (χ0v) is 19.5. The van der Waals surface area contributed by atoms with Gasteiger partial charge in [-0.3, -0.25) is 9.89 Å². The summed E-state index contributed by atoms with van der Waals surface area (Å²) < 4.78 is 22.2. The number of carbonyl (C=O) groups excluding carboxylic acids is 1. The normalized spacial score (nSPS) is 14.4. The van der Waals surface area contributed by atoms with Gasteiger partial charge in [-0.25, -0.2) is 0 Å². The van der Waals surface area contributed by atoms with Gasteiger partial charge < -0.3 is 30.0 Å². The zero-order valence-electron chi connectivity index (χ0n) is 19.5. The highest BCUT2D eigenvalue weighted by molar-refractivity contribution is 5.92. The number of methoxy groups -OCH3 is 1. The molecule has 4 N–H and O–H groups in total. The van der Waals surface area contributed by atoms with E-state index in [1.807, 2.05) is 13.8 Å². The summed E-state index contributed by atoms with van der Waals surface area (Å²) in [6.07, 6.45) is 0. The molecule has 0 fully saturated rings. The molecule has 10 nitrogen and oxygen atoms in total. The predicted molar refractivity (Wildman–Crippen MR) is 127 cm³/mol. The van der Waals surface area contributed by atoms with Gasteiger partial charge in [0.05, 0.1) is 19.6 Å². The van der Waals surface area contributed by atoms with Crippen LogP contribution in [0.3, 0.4) is 0 Å². The molecule has 1 atom stereocenters. The Morgan fingerprint density at radius 2 is 2.09 bits per heavy atom. The average Bonchev–Trinajstić information content (AvgIpc) is 3.22. The molecule has 180 valence electrons. The summed E-state index contributed by atoms with van der Waals surface area (Å²) in [4.78, 5) is 12.4. The third-order valence-corrected chi connectivity index (χ3v) is 5.44. The highest BCUT2D eigenvalue weighted by Gasteiger charge is 2.34. The van der Waals surface area contributed by atoms with E-state index in [9.17, 15) is 10.1 Å². The van der Waals surface area contributed by atoms with E-state index in [-0.39, 0.29) is 24.0 Å². The first-order chi connectivity index (χ1) is 16.9. The van der Waals surface area contributed by atoms with Crippen LogP contribution in [-0.2, 0) is 4.79 Å². The molecular formula is C25H25N5O5. The van der Waals surface area contributed by atoms with Crippen molar-refractivity contribution >= 4 is 11.6 Å². The second-order valence-electron chi connectivity index (χ2n) is 7.70. The fraction of sp³-hybridized carbons (Fsp3) is 0.240. The van der Waals surface area contributed by atoms with E-state index < -0.39 is 5.92 Å². The van der Waals surface area contributed by atoms with Crippen molar-refractivity contribution in [2.45, 2.75) is 19.8 Å². The van der Waals surface area contributed by atoms with E-state index in [1.54, 1.807) is 49.6 Å². The number of aromatic nitrogens is 2. The molecule has 4 rings (SSSR count). The molecule has 0 spiro atoms. The van der Waals surface area contributed by atoms with E-state index in [2.05, 4.69) is 21.6 Å². The van der Waals surface area contributed by atoms with Crippen molar-refractivity contribution in [1.29, 1.82) is 5.26 Å². The largest absolute Gasteiger partial charge is 0.497 e. The van der Waals surface area contributed by atoms with Gasteiger partial charge in [-0.1, -0.05) is 12.1 Å². The number of nitrogens with zero attached hydrogens (tertiary/aromatic N) is 2. The van der Waals surface area contributed by atoms with Crippen LogP contribution >= 0.6 is 0 Å². The maximum atomic E-state index is 12.4. The van der Waals surface area contributed by atoms with Gasteiger partial charge in [0.2, 0.25) is 11.8 Å². The topological polar surface area (TPSA) is 145 Å². The van der Waals surface area contributed by atoms with Crippen LogP contribution in [0.1, 0.15) is 29.7 Å². The number of benzene rings is 2. The molecule has 1 aromatic heterocycles. The van der Waals surface area contributed by atoms with Crippen LogP contribution in [-0.4, -0.2) is 36.4 Å². The van der Waals surface area contributed by atoms with Gasteiger partial charge in [0, 0.05) is 23.0 Å². The van der Waals surface area contributed by atoms with Crippen LogP contribution in [0.5, 0.6) is 23.1 Å². The number of fused-ring (bicyclic) bond motifs is 1. The quantitative estimate of drug-likeness (QED) is 0.450. The van der Waals surface area contributed by atoms with Gasteiger partial charge in [0.25, 0.3) is 5.91 Å². The lowest BCUT2D eigenvalue weighted by molar-refractivity contribution is -0.118. The number of nitrogens with two attached hydrogens (primary N) is 1. The number of aryl methyl sites for hydroxylation is 1. The summed E-state index contributed by atoms with van der Waals surface area (Å²) in [6.45, 7) is 3.84. The molecular weight excluding hydrogens is 450 g/mol. The summed E-state index contributed by atoms with van der Waals surface area (Å²) in [5, 5.41) is 19.6. The first-order valence-corrected chi connectivity index (χ1v) is 10.9. The molecule has 1 aliphatic heterocycles. The Morgan fingerprint density at radius 3 is 2.83 bits per heavy atom. The molecule has 1 amide bonds. The number of H-pyrrole nitrogens is 1. The maximum Gasteiger partial charge on any atom is 0.262 e. The van der Waals surface area contributed by atoms with Crippen molar-refractivity contribution in [2.75, 3.05) is 25.6 Å². The fourth-order valence-corrected chi connectivity index (χ4v) is 3.86. The third kappa shape index (κ3) is 4.84. The van der Waals surface area contributed by atoms with Crippen LogP contribution in [0.15, 0.2) is 53.9 Å². The number of anilines is 1. The number of rotatable bonds is 8. The number of carbonyl (C=O) groups is 1. The summed E-state index contributed by atoms with van der Waals surface area (Å²) in [5.41, 5.74) is 9.11. The Morgan fingerprint density at radius 1 is 1.26 bits per heavy atom. The van der Waals surface area contributed by atoms with E-state index in [0.29, 0.717) is 35.4 Å². The highest BCUT2D eigenvalue weighted by atomic mass is 16.5. The summed E-state index contributed by atoms with van der Waals surface area (Å²) in [7, 11) is 1.56. The van der Waals surface area contributed by atoms with Crippen molar-refractivity contribution < 1.29 is 23.7 Å². The molecule has 0 saturated carbocycles. The molecule has 0 saturated heterocycles. The summed E-state index contributed by atoms with van der Waals surface area (Å²) in [6, 6.07) is 14.5. The van der Waals surface area contributed by atoms with Crippen molar-refractivity contribution in [3.63, 3.8) is 0 Å². The molecule has 10 heteroatoms. The SMILES string of the molecule is CCOc1cc(C2C(C#N)=C(N)Oc3n[nH]c(C)c32)ccc1OCC(=O)Nc1cccc(OC)c1. The maximum absolute atomic E-state index is 12.4. The van der Waals surface area contributed by atoms with E-state index >= 15 is 0 Å². The van der Waals surface area contributed by atoms with Gasteiger partial charge in [-0.2, -0.15) is 5.26 Å². The molecule has 2 aromatic carbocycles. The minimum atomic E-state index is -0.493. The second-order valence-corrected chi connectivity index (χ2v) is 7.70. The number of aromatic amines is 1. The number of hydrogen-bond donors (Lipinski definition) is 3. The second kappa shape index (κ2) is 10.1. The summed E-state index contributed by atoms with van der Waals surface area (Å²) in [5.74, 6) is 0.962. The van der Waals surface area contributed by atoms with E-state index in [4.69, 9.17) is 24.7 Å². The summed E-state index contributed by atoms with van der Waals surface area (Å²) >= 11 is 0. The minimum absolute atomic E-state index is 0.00370. The van der Waals surface area contributed by atoms with Crippen molar-refractivity contribution in [3.05, 3.63) is 70.7 Å². The highest BCUT2D eigenvalue weighted by Crippen LogP contribution is 2.44. The molecule has 0 aliphatic carbocycles. The Hall–Kier alpha value is -4.65. The number of amides is 1. The van der Waals surface area contributed by atoms with Crippen LogP contribution in [0.25, 0.3) is 0 Å². The van der Waals surface area contributed by atoms with E-state index in [1.165, 1.54) is 0 Å². The lowest BCUT2D eigenvalue weighted by atomic mass is 9.84. The molecule has 0 bridgehead atoms. The van der Waals surface area contributed by atoms with Gasteiger partial charge >= 0.3 is 0 Å². The number of allylic oxidation sites excluding steroid dienone is 1. The number of nitrogens with one attached hydrogen (secondary N) is 2. The molecule has 1 unspecified atom stereocenters. The lowest BCUT2D eigenvalue weighted by Crippen LogP contribution is -2.21. The fourth-order valence-electron chi connectivity index (χ4n) is 3.86. The van der Waals surface area contributed by atoms with Crippen LogP contribution in [0.2, 0.25) is 0 Å². The molecule has 2 heterocycles. The molecule has 3 aromatic rings. The Bertz CT molecular complexity index is 1320.